The van der Waals surface area contributed by atoms with Gasteiger partial charge in [-0.05, 0) is 15.9 Å². The summed E-state index contributed by atoms with van der Waals surface area (Å²) in [4.78, 5) is 5.59. The third kappa shape index (κ3) is 1.45. The molecule has 0 bridgehead atoms. The number of rotatable bonds is 1. The molecule has 1 aromatic rings. The van der Waals surface area contributed by atoms with Gasteiger partial charge in [0.25, 0.3) is 5.92 Å². The van der Waals surface area contributed by atoms with Gasteiger partial charge in [-0.2, -0.15) is 0 Å². The molecule has 0 atom stereocenters. The second-order valence-electron chi connectivity index (χ2n) is 2.66. The SMILES string of the molecule is FC1(F)CN(c2nc(Br)cs2)C1. The molecular weight excluding hydrogens is 250 g/mol. The van der Waals surface area contributed by atoms with Crippen molar-refractivity contribution in [2.45, 2.75) is 5.92 Å². The first-order valence-electron chi connectivity index (χ1n) is 3.31. The third-order valence-corrected chi connectivity index (χ3v) is 3.19. The maximum absolute atomic E-state index is 12.4. The van der Waals surface area contributed by atoms with Crippen LogP contribution in [0, 0.1) is 0 Å². The molecule has 1 aliphatic rings. The number of thiazole rings is 1. The second kappa shape index (κ2) is 2.63. The molecule has 2 nitrogen and oxygen atoms in total. The summed E-state index contributed by atoms with van der Waals surface area (Å²) in [7, 11) is 0. The Morgan fingerprint density at radius 1 is 1.58 bits per heavy atom. The Hall–Kier alpha value is -0.230. The lowest BCUT2D eigenvalue weighted by Crippen LogP contribution is -2.56. The Kier molecular flexibility index (Phi) is 1.84. The van der Waals surface area contributed by atoms with Crippen LogP contribution in [0.4, 0.5) is 13.9 Å². The molecule has 66 valence electrons. The van der Waals surface area contributed by atoms with Crippen molar-refractivity contribution in [3.05, 3.63) is 9.98 Å². The lowest BCUT2D eigenvalue weighted by molar-refractivity contribution is -0.0262. The van der Waals surface area contributed by atoms with Crippen molar-refractivity contribution in [2.75, 3.05) is 18.0 Å². The van der Waals surface area contributed by atoms with E-state index in [1.807, 2.05) is 0 Å². The number of anilines is 1. The minimum absolute atomic E-state index is 0.201. The summed E-state index contributed by atoms with van der Waals surface area (Å²) >= 11 is 4.54. The highest BCUT2D eigenvalue weighted by molar-refractivity contribution is 9.10. The molecule has 2 heterocycles. The molecule has 1 saturated heterocycles. The van der Waals surface area contributed by atoms with Crippen molar-refractivity contribution in [2.24, 2.45) is 0 Å². The number of alkyl halides is 2. The fourth-order valence-corrected chi connectivity index (χ4v) is 2.29. The van der Waals surface area contributed by atoms with Crippen LogP contribution in [0.1, 0.15) is 0 Å². The summed E-state index contributed by atoms with van der Waals surface area (Å²) in [5.41, 5.74) is 0. The van der Waals surface area contributed by atoms with Crippen LogP contribution in [0.2, 0.25) is 0 Å². The highest BCUT2D eigenvalue weighted by Gasteiger charge is 2.44. The Bertz CT molecular complexity index is 293. The van der Waals surface area contributed by atoms with Crippen molar-refractivity contribution in [3.8, 4) is 0 Å². The molecule has 1 aromatic heterocycles. The first kappa shape index (κ1) is 8.37. The van der Waals surface area contributed by atoms with E-state index in [2.05, 4.69) is 20.9 Å². The Labute approximate surface area is 80.3 Å². The van der Waals surface area contributed by atoms with Gasteiger partial charge >= 0.3 is 0 Å². The maximum atomic E-state index is 12.4. The first-order chi connectivity index (χ1) is 5.57. The van der Waals surface area contributed by atoms with Gasteiger partial charge in [-0.1, -0.05) is 0 Å². The van der Waals surface area contributed by atoms with Crippen LogP contribution < -0.4 is 4.90 Å². The Balaban J connectivity index is 2.06. The monoisotopic (exact) mass is 254 g/mol. The quantitative estimate of drug-likeness (QED) is 0.765. The molecule has 12 heavy (non-hydrogen) atoms. The third-order valence-electron chi connectivity index (χ3n) is 1.58. The molecule has 6 heteroatoms. The van der Waals surface area contributed by atoms with Gasteiger partial charge < -0.3 is 4.90 Å². The average Bonchev–Trinajstić information content (AvgIpc) is 2.30. The van der Waals surface area contributed by atoms with Gasteiger partial charge in [-0.15, -0.1) is 11.3 Å². The number of hydrogen-bond donors (Lipinski definition) is 0. The molecular formula is C6H5BrF2N2S. The highest BCUT2D eigenvalue weighted by atomic mass is 79.9. The van der Waals surface area contributed by atoms with Crippen LogP contribution in [0.25, 0.3) is 0 Å². The molecule has 0 radical (unpaired) electrons. The molecule has 0 N–H and O–H groups in total. The molecule has 1 fully saturated rings. The van der Waals surface area contributed by atoms with Crippen LogP contribution in [-0.2, 0) is 0 Å². The van der Waals surface area contributed by atoms with E-state index in [4.69, 9.17) is 0 Å². The van der Waals surface area contributed by atoms with Crippen molar-refractivity contribution < 1.29 is 8.78 Å². The molecule has 0 unspecified atom stereocenters. The predicted octanol–water partition coefficient (Wildman–Crippen LogP) is 2.36. The zero-order valence-corrected chi connectivity index (χ0v) is 8.33. The van der Waals surface area contributed by atoms with E-state index >= 15 is 0 Å². The standard InChI is InChI=1S/C6H5BrF2N2S/c7-4-1-12-5(10-4)11-2-6(8,9)3-11/h1H,2-3H2. The minimum Gasteiger partial charge on any atom is -0.336 e. The second-order valence-corrected chi connectivity index (χ2v) is 4.31. The van der Waals surface area contributed by atoms with Gasteiger partial charge in [-0.25, -0.2) is 13.8 Å². The van der Waals surface area contributed by atoms with E-state index in [0.29, 0.717) is 9.73 Å². The fraction of sp³-hybridized carbons (Fsp3) is 0.500. The summed E-state index contributed by atoms with van der Waals surface area (Å²) in [6, 6.07) is 0. The predicted molar refractivity (Wildman–Crippen MR) is 47.0 cm³/mol. The van der Waals surface area contributed by atoms with Crippen LogP contribution in [0.15, 0.2) is 9.98 Å². The Morgan fingerprint density at radius 3 is 2.67 bits per heavy atom. The van der Waals surface area contributed by atoms with Crippen LogP contribution >= 0.6 is 27.3 Å². The van der Waals surface area contributed by atoms with Crippen molar-refractivity contribution in [1.82, 2.24) is 4.98 Å². The molecule has 2 rings (SSSR count). The number of nitrogens with zero attached hydrogens (tertiary/aromatic N) is 2. The minimum atomic E-state index is -2.52. The van der Waals surface area contributed by atoms with E-state index in [0.717, 1.165) is 0 Å². The van der Waals surface area contributed by atoms with Gasteiger partial charge in [-0.3, -0.25) is 0 Å². The van der Waals surface area contributed by atoms with E-state index < -0.39 is 5.92 Å². The topological polar surface area (TPSA) is 16.1 Å². The Morgan fingerprint density at radius 2 is 2.25 bits per heavy atom. The number of hydrogen-bond acceptors (Lipinski definition) is 3. The molecule has 0 aliphatic carbocycles. The average molecular weight is 255 g/mol. The lowest BCUT2D eigenvalue weighted by atomic mass is 10.2. The van der Waals surface area contributed by atoms with Crippen LogP contribution in [0.3, 0.4) is 0 Å². The fourth-order valence-electron chi connectivity index (χ4n) is 1.04. The largest absolute Gasteiger partial charge is 0.336 e. The van der Waals surface area contributed by atoms with E-state index in [1.54, 1.807) is 10.3 Å². The zero-order chi connectivity index (χ0) is 8.77. The molecule has 0 aromatic carbocycles. The first-order valence-corrected chi connectivity index (χ1v) is 4.98. The number of aromatic nitrogens is 1. The maximum Gasteiger partial charge on any atom is 0.282 e. The molecule has 0 spiro atoms. The van der Waals surface area contributed by atoms with Crippen molar-refractivity contribution >= 4 is 32.4 Å². The van der Waals surface area contributed by atoms with Crippen LogP contribution in [0.5, 0.6) is 0 Å². The summed E-state index contributed by atoms with van der Waals surface area (Å²) in [5, 5.41) is 2.44. The highest BCUT2D eigenvalue weighted by Crippen LogP contribution is 2.34. The number of halogens is 3. The van der Waals surface area contributed by atoms with Gasteiger partial charge in [0, 0.05) is 5.38 Å². The smallest absolute Gasteiger partial charge is 0.282 e. The summed E-state index contributed by atoms with van der Waals surface area (Å²) in [5.74, 6) is -2.52. The van der Waals surface area contributed by atoms with Gasteiger partial charge in [0.05, 0.1) is 13.1 Å². The summed E-state index contributed by atoms with van der Waals surface area (Å²) in [6.45, 7) is -0.403. The van der Waals surface area contributed by atoms with Gasteiger partial charge in [0.15, 0.2) is 5.13 Å². The molecule has 0 saturated carbocycles. The van der Waals surface area contributed by atoms with E-state index in [1.165, 1.54) is 11.3 Å². The van der Waals surface area contributed by atoms with Crippen molar-refractivity contribution in [3.63, 3.8) is 0 Å². The molecule has 0 amide bonds. The normalized spacial score (nSPS) is 20.8. The lowest BCUT2D eigenvalue weighted by Gasteiger charge is -2.38. The van der Waals surface area contributed by atoms with Crippen LogP contribution in [-0.4, -0.2) is 24.0 Å². The zero-order valence-electron chi connectivity index (χ0n) is 5.93. The van der Waals surface area contributed by atoms with E-state index in [9.17, 15) is 8.78 Å². The summed E-state index contributed by atoms with van der Waals surface area (Å²) in [6.07, 6.45) is 0. The van der Waals surface area contributed by atoms with E-state index in [-0.39, 0.29) is 13.1 Å². The molecule has 1 aliphatic heterocycles. The summed E-state index contributed by atoms with van der Waals surface area (Å²) < 4.78 is 25.5. The van der Waals surface area contributed by atoms with Gasteiger partial charge in [0.2, 0.25) is 0 Å². The van der Waals surface area contributed by atoms with Crippen molar-refractivity contribution in [1.29, 1.82) is 0 Å². The van der Waals surface area contributed by atoms with Gasteiger partial charge in [0.1, 0.15) is 4.60 Å².